The Balaban J connectivity index is 1.96. The van der Waals surface area contributed by atoms with Gasteiger partial charge >= 0.3 is 0 Å². The molecule has 0 aliphatic rings. The summed E-state index contributed by atoms with van der Waals surface area (Å²) in [4.78, 5) is 0. The number of nitrogens with zero attached hydrogens (tertiary/aromatic N) is 1. The Bertz CT molecular complexity index is 782. The van der Waals surface area contributed by atoms with Crippen molar-refractivity contribution in [2.75, 3.05) is 6.61 Å². The fourth-order valence-corrected chi connectivity index (χ4v) is 2.83. The predicted molar refractivity (Wildman–Crippen MR) is 86.3 cm³/mol. The highest BCUT2D eigenvalue weighted by Crippen LogP contribution is 2.24. The summed E-state index contributed by atoms with van der Waals surface area (Å²) >= 11 is 3.38. The molecule has 0 saturated carbocycles. The average molecular weight is 348 g/mol. The van der Waals surface area contributed by atoms with Crippen molar-refractivity contribution in [2.24, 2.45) is 0 Å². The topological polar surface area (TPSA) is 14.2 Å². The molecular formula is C17H15BrFNO. The van der Waals surface area contributed by atoms with Gasteiger partial charge in [0.25, 0.3) is 0 Å². The summed E-state index contributed by atoms with van der Waals surface area (Å²) in [6.45, 7) is 3.11. The molecular weight excluding hydrogens is 333 g/mol. The fourth-order valence-electron chi connectivity index (χ4n) is 2.42. The lowest BCUT2D eigenvalue weighted by molar-refractivity contribution is 0.340. The molecule has 2 aromatic carbocycles. The van der Waals surface area contributed by atoms with Crippen molar-refractivity contribution < 1.29 is 9.13 Å². The quantitative estimate of drug-likeness (QED) is 0.648. The van der Waals surface area contributed by atoms with Crippen molar-refractivity contribution in [1.82, 2.24) is 4.57 Å². The van der Waals surface area contributed by atoms with Crippen LogP contribution in [0.3, 0.4) is 0 Å². The number of halogens is 2. The Morgan fingerprint density at radius 1 is 1.14 bits per heavy atom. The summed E-state index contributed by atoms with van der Waals surface area (Å²) in [5, 5.41) is 1.09. The van der Waals surface area contributed by atoms with Crippen LogP contribution in [0.1, 0.15) is 12.5 Å². The maximum Gasteiger partial charge on any atom is 0.128 e. The number of rotatable bonds is 4. The van der Waals surface area contributed by atoms with Crippen LogP contribution >= 0.6 is 15.9 Å². The monoisotopic (exact) mass is 347 g/mol. The maximum atomic E-state index is 13.9. The summed E-state index contributed by atoms with van der Waals surface area (Å²) in [5.74, 6) is 0.669. The predicted octanol–water partition coefficient (Wildman–Crippen LogP) is 4.99. The number of hydrogen-bond acceptors (Lipinski definition) is 1. The van der Waals surface area contributed by atoms with Gasteiger partial charge in [-0.15, -0.1) is 0 Å². The molecule has 0 spiro atoms. The maximum absolute atomic E-state index is 13.9. The zero-order chi connectivity index (χ0) is 14.8. The molecule has 3 rings (SSSR count). The minimum Gasteiger partial charge on any atom is -0.494 e. The summed E-state index contributed by atoms with van der Waals surface area (Å²) in [6.07, 6.45) is 1.97. The normalized spacial score (nSPS) is 11.0. The highest BCUT2D eigenvalue weighted by Gasteiger charge is 2.07. The molecule has 21 heavy (non-hydrogen) atoms. The zero-order valence-electron chi connectivity index (χ0n) is 11.6. The molecule has 3 aromatic rings. The number of fused-ring (bicyclic) bond motifs is 1. The van der Waals surface area contributed by atoms with Gasteiger partial charge in [-0.3, -0.25) is 0 Å². The van der Waals surface area contributed by atoms with Crippen LogP contribution in [0.2, 0.25) is 0 Å². The van der Waals surface area contributed by atoms with Crippen molar-refractivity contribution in [3.8, 4) is 5.75 Å². The van der Waals surface area contributed by atoms with E-state index in [1.807, 2.05) is 48.0 Å². The Morgan fingerprint density at radius 2 is 2.00 bits per heavy atom. The highest BCUT2D eigenvalue weighted by molar-refractivity contribution is 9.10. The Hall–Kier alpha value is -1.81. The lowest BCUT2D eigenvalue weighted by atomic mass is 10.2. The van der Waals surface area contributed by atoms with E-state index >= 15 is 0 Å². The van der Waals surface area contributed by atoms with E-state index in [2.05, 4.69) is 15.9 Å². The number of aromatic nitrogens is 1. The third kappa shape index (κ3) is 2.95. The Labute approximate surface area is 131 Å². The lowest BCUT2D eigenvalue weighted by Gasteiger charge is -2.08. The average Bonchev–Trinajstić information content (AvgIpc) is 2.86. The third-order valence-corrected chi connectivity index (χ3v) is 3.90. The molecule has 1 aromatic heterocycles. The van der Waals surface area contributed by atoms with Gasteiger partial charge in [0, 0.05) is 27.1 Å². The minimum absolute atomic E-state index is 0.189. The first-order valence-electron chi connectivity index (χ1n) is 6.83. The van der Waals surface area contributed by atoms with E-state index in [4.69, 9.17) is 4.74 Å². The van der Waals surface area contributed by atoms with Crippen LogP contribution in [0.15, 0.2) is 53.1 Å². The largest absolute Gasteiger partial charge is 0.494 e. The van der Waals surface area contributed by atoms with E-state index in [1.54, 1.807) is 6.07 Å². The SMILES string of the molecule is CCOc1ccc2c(ccn2Cc2cc(Br)ccc2F)c1. The molecule has 0 saturated heterocycles. The molecule has 1 heterocycles. The van der Waals surface area contributed by atoms with Crippen LogP contribution in [0.5, 0.6) is 5.75 Å². The number of ether oxygens (including phenoxy) is 1. The molecule has 0 atom stereocenters. The van der Waals surface area contributed by atoms with E-state index in [0.29, 0.717) is 18.7 Å². The Kier molecular flexibility index (Phi) is 3.97. The molecule has 2 nitrogen and oxygen atoms in total. The van der Waals surface area contributed by atoms with Gasteiger partial charge in [-0.05, 0) is 49.4 Å². The molecule has 0 fully saturated rings. The summed E-state index contributed by atoms with van der Waals surface area (Å²) < 4.78 is 22.3. The van der Waals surface area contributed by atoms with Crippen LogP contribution in [0.4, 0.5) is 4.39 Å². The van der Waals surface area contributed by atoms with Gasteiger partial charge in [-0.1, -0.05) is 15.9 Å². The first-order chi connectivity index (χ1) is 10.2. The second-order valence-corrected chi connectivity index (χ2v) is 5.75. The Morgan fingerprint density at radius 3 is 2.81 bits per heavy atom. The van der Waals surface area contributed by atoms with Crippen molar-refractivity contribution in [3.05, 3.63) is 64.5 Å². The molecule has 0 radical (unpaired) electrons. The number of hydrogen-bond donors (Lipinski definition) is 0. The summed E-state index contributed by atoms with van der Waals surface area (Å²) in [5.41, 5.74) is 1.73. The summed E-state index contributed by atoms with van der Waals surface area (Å²) in [7, 11) is 0. The van der Waals surface area contributed by atoms with Crippen LogP contribution in [-0.4, -0.2) is 11.2 Å². The minimum atomic E-state index is -0.189. The fraction of sp³-hybridized carbons (Fsp3) is 0.176. The molecule has 0 unspecified atom stereocenters. The van der Waals surface area contributed by atoms with Gasteiger partial charge in [-0.25, -0.2) is 4.39 Å². The van der Waals surface area contributed by atoms with Gasteiger partial charge in [0.15, 0.2) is 0 Å². The molecule has 0 N–H and O–H groups in total. The molecule has 0 bridgehead atoms. The first-order valence-corrected chi connectivity index (χ1v) is 7.62. The van der Waals surface area contributed by atoms with Gasteiger partial charge in [0.1, 0.15) is 11.6 Å². The zero-order valence-corrected chi connectivity index (χ0v) is 13.2. The van der Waals surface area contributed by atoms with Crippen molar-refractivity contribution >= 4 is 26.8 Å². The molecule has 0 amide bonds. The molecule has 4 heteroatoms. The lowest BCUT2D eigenvalue weighted by Crippen LogP contribution is -2.00. The second kappa shape index (κ2) is 5.90. The van der Waals surface area contributed by atoms with Crippen molar-refractivity contribution in [3.63, 3.8) is 0 Å². The van der Waals surface area contributed by atoms with Crippen LogP contribution in [0, 0.1) is 5.82 Å². The second-order valence-electron chi connectivity index (χ2n) is 4.83. The van der Waals surface area contributed by atoms with E-state index < -0.39 is 0 Å². The highest BCUT2D eigenvalue weighted by atomic mass is 79.9. The smallest absolute Gasteiger partial charge is 0.128 e. The molecule has 0 aliphatic carbocycles. The molecule has 108 valence electrons. The van der Waals surface area contributed by atoms with Crippen LogP contribution in [-0.2, 0) is 6.54 Å². The van der Waals surface area contributed by atoms with E-state index in [9.17, 15) is 4.39 Å². The number of benzene rings is 2. The van der Waals surface area contributed by atoms with E-state index in [1.165, 1.54) is 6.07 Å². The molecule has 0 aliphatic heterocycles. The van der Waals surface area contributed by atoms with Gasteiger partial charge in [-0.2, -0.15) is 0 Å². The van der Waals surface area contributed by atoms with Gasteiger partial charge in [0.05, 0.1) is 13.2 Å². The van der Waals surface area contributed by atoms with Gasteiger partial charge in [0.2, 0.25) is 0 Å². The van der Waals surface area contributed by atoms with E-state index in [-0.39, 0.29) is 5.82 Å². The van der Waals surface area contributed by atoms with Gasteiger partial charge < -0.3 is 9.30 Å². The third-order valence-electron chi connectivity index (χ3n) is 3.40. The van der Waals surface area contributed by atoms with Crippen LogP contribution in [0.25, 0.3) is 10.9 Å². The first kappa shape index (κ1) is 14.1. The van der Waals surface area contributed by atoms with Crippen molar-refractivity contribution in [2.45, 2.75) is 13.5 Å². The summed E-state index contributed by atoms with van der Waals surface area (Å²) in [6, 6.07) is 13.0. The standard InChI is InChI=1S/C17H15BrFNO/c1-2-21-15-4-6-17-12(10-15)7-8-20(17)11-13-9-14(18)3-5-16(13)19/h3-10H,2,11H2,1H3. The van der Waals surface area contributed by atoms with Crippen LogP contribution < -0.4 is 4.74 Å². The van der Waals surface area contributed by atoms with E-state index in [0.717, 1.165) is 21.1 Å². The van der Waals surface area contributed by atoms with Crippen molar-refractivity contribution in [1.29, 1.82) is 0 Å².